The number of benzene rings is 1. The number of hydrogen-bond acceptors (Lipinski definition) is 5. The van der Waals surface area contributed by atoms with E-state index in [1.807, 2.05) is 36.2 Å². The molecule has 7 heteroatoms. The second-order valence-corrected chi connectivity index (χ2v) is 8.80. The molecule has 130 valence electrons. The van der Waals surface area contributed by atoms with Crippen molar-refractivity contribution in [2.24, 2.45) is 0 Å². The maximum Gasteiger partial charge on any atom is 0.216 e. The predicted molar refractivity (Wildman–Crippen MR) is 89.9 cm³/mol. The first kappa shape index (κ1) is 18.2. The van der Waals surface area contributed by atoms with Crippen LogP contribution in [0.4, 0.5) is 0 Å². The molecule has 1 fully saturated rings. The van der Waals surface area contributed by atoms with E-state index in [0.717, 1.165) is 11.3 Å². The highest BCUT2D eigenvalue weighted by atomic mass is 32.2. The summed E-state index contributed by atoms with van der Waals surface area (Å²) in [6.45, 7) is 4.46. The van der Waals surface area contributed by atoms with E-state index >= 15 is 0 Å². The summed E-state index contributed by atoms with van der Waals surface area (Å²) in [4.78, 5) is 2.00. The molecule has 1 aliphatic rings. The van der Waals surface area contributed by atoms with Crippen molar-refractivity contribution in [2.75, 3.05) is 27.2 Å². The summed E-state index contributed by atoms with van der Waals surface area (Å²) < 4.78 is 31.1. The Kier molecular flexibility index (Phi) is 5.67. The van der Waals surface area contributed by atoms with E-state index in [4.69, 9.17) is 4.74 Å². The van der Waals surface area contributed by atoms with Crippen LogP contribution < -0.4 is 4.74 Å². The van der Waals surface area contributed by atoms with E-state index in [-0.39, 0.29) is 12.6 Å². The second kappa shape index (κ2) is 7.17. The fraction of sp³-hybridized carbons (Fsp3) is 0.625. The van der Waals surface area contributed by atoms with Gasteiger partial charge in [0.05, 0.1) is 24.5 Å². The number of sulfonamides is 1. The van der Waals surface area contributed by atoms with E-state index in [1.165, 1.54) is 4.31 Å². The van der Waals surface area contributed by atoms with Gasteiger partial charge in [0.25, 0.3) is 0 Å². The van der Waals surface area contributed by atoms with E-state index in [1.54, 1.807) is 21.0 Å². The van der Waals surface area contributed by atoms with Crippen LogP contribution in [0, 0.1) is 0 Å². The molecule has 23 heavy (non-hydrogen) atoms. The van der Waals surface area contributed by atoms with Gasteiger partial charge in [-0.2, -0.15) is 4.31 Å². The molecular formula is C16H26N2O4S. The number of hydrogen-bond donors (Lipinski definition) is 1. The first-order valence-electron chi connectivity index (χ1n) is 7.76. The summed E-state index contributed by atoms with van der Waals surface area (Å²) in [6.07, 6.45) is -0.674. The number of likely N-dealkylation sites (N-methyl/N-ethyl adjacent to an activating group) is 1. The van der Waals surface area contributed by atoms with Crippen molar-refractivity contribution in [1.82, 2.24) is 9.21 Å². The zero-order valence-corrected chi connectivity index (χ0v) is 15.0. The van der Waals surface area contributed by atoms with Gasteiger partial charge in [0.1, 0.15) is 5.75 Å². The van der Waals surface area contributed by atoms with Crippen molar-refractivity contribution in [2.45, 2.75) is 37.8 Å². The number of β-amino-alcohol motifs (C(OH)–C–C–N with tert-alkyl or cyclic N) is 1. The summed E-state index contributed by atoms with van der Waals surface area (Å²) in [7, 11) is 0.203. The zero-order valence-electron chi connectivity index (χ0n) is 14.1. The fourth-order valence-corrected chi connectivity index (χ4v) is 4.13. The third-order valence-electron chi connectivity index (χ3n) is 4.34. The molecule has 6 nitrogen and oxygen atoms in total. The Balaban J connectivity index is 2.03. The molecule has 0 aliphatic carbocycles. The monoisotopic (exact) mass is 342 g/mol. The number of nitrogens with zero attached hydrogens (tertiary/aromatic N) is 2. The lowest BCUT2D eigenvalue weighted by Gasteiger charge is -2.26. The lowest BCUT2D eigenvalue weighted by molar-refractivity contribution is 0.0953. The number of methoxy groups -OCH3 is 1. The molecule has 1 aliphatic heterocycles. The van der Waals surface area contributed by atoms with Crippen molar-refractivity contribution < 1.29 is 18.3 Å². The number of aliphatic hydroxyl groups is 1. The Morgan fingerprint density at radius 1 is 1.30 bits per heavy atom. The largest absolute Gasteiger partial charge is 0.497 e. The molecule has 0 bridgehead atoms. The molecule has 0 radical (unpaired) electrons. The van der Waals surface area contributed by atoms with Crippen molar-refractivity contribution in [1.29, 1.82) is 0 Å². The molecule has 1 heterocycles. The van der Waals surface area contributed by atoms with Crippen LogP contribution in [0.1, 0.15) is 19.4 Å². The Morgan fingerprint density at radius 2 is 1.91 bits per heavy atom. The average molecular weight is 342 g/mol. The van der Waals surface area contributed by atoms with Crippen LogP contribution in [0.5, 0.6) is 5.75 Å². The Morgan fingerprint density at radius 3 is 2.43 bits per heavy atom. The van der Waals surface area contributed by atoms with Gasteiger partial charge in [0.15, 0.2) is 0 Å². The summed E-state index contributed by atoms with van der Waals surface area (Å²) in [5.41, 5.74) is 1.09. The smallest absolute Gasteiger partial charge is 0.216 e. The second-order valence-electron chi connectivity index (χ2n) is 6.31. The van der Waals surface area contributed by atoms with Crippen molar-refractivity contribution >= 4 is 10.0 Å². The molecule has 2 atom stereocenters. The predicted octanol–water partition coefficient (Wildman–Crippen LogP) is 0.910. The number of rotatable bonds is 6. The lowest BCUT2D eigenvalue weighted by Crippen LogP contribution is -2.41. The average Bonchev–Trinajstić information content (AvgIpc) is 2.90. The van der Waals surface area contributed by atoms with Crippen molar-refractivity contribution in [3.05, 3.63) is 29.8 Å². The maximum absolute atomic E-state index is 12.3. The molecule has 1 N–H and O–H groups in total. The van der Waals surface area contributed by atoms with E-state index < -0.39 is 21.4 Å². The minimum Gasteiger partial charge on any atom is -0.497 e. The third kappa shape index (κ3) is 4.03. The molecule has 1 aromatic rings. The number of ether oxygens (including phenoxy) is 1. The van der Waals surface area contributed by atoms with Crippen LogP contribution in [-0.2, 0) is 16.6 Å². The van der Waals surface area contributed by atoms with Crippen LogP contribution in [0.2, 0.25) is 0 Å². The minimum absolute atomic E-state index is 0.165. The summed E-state index contributed by atoms with van der Waals surface area (Å²) in [5, 5.41) is 9.80. The molecule has 2 rings (SSSR count). The molecule has 1 aromatic carbocycles. The first-order valence-corrected chi connectivity index (χ1v) is 9.26. The van der Waals surface area contributed by atoms with Gasteiger partial charge in [-0.25, -0.2) is 8.42 Å². The molecule has 0 spiro atoms. The lowest BCUT2D eigenvalue weighted by atomic mass is 10.1. The molecule has 0 aromatic heterocycles. The highest BCUT2D eigenvalue weighted by Gasteiger charge is 2.40. The van der Waals surface area contributed by atoms with Gasteiger partial charge in [-0.15, -0.1) is 0 Å². The maximum atomic E-state index is 12.3. The SMILES string of the molecule is COc1ccc(CN(C)[C@@H]2CN(S(=O)(=O)C(C)C)C[C@H]2O)cc1. The van der Waals surface area contributed by atoms with E-state index in [2.05, 4.69) is 0 Å². The molecule has 0 amide bonds. The van der Waals surface area contributed by atoms with Crippen LogP contribution >= 0.6 is 0 Å². The van der Waals surface area contributed by atoms with Crippen LogP contribution in [-0.4, -0.2) is 67.4 Å². The van der Waals surface area contributed by atoms with Gasteiger partial charge in [-0.05, 0) is 38.6 Å². The van der Waals surface area contributed by atoms with Crippen LogP contribution in [0.15, 0.2) is 24.3 Å². The highest BCUT2D eigenvalue weighted by Crippen LogP contribution is 2.22. The molecular weight excluding hydrogens is 316 g/mol. The summed E-state index contributed by atoms with van der Waals surface area (Å²) >= 11 is 0. The van der Waals surface area contributed by atoms with Gasteiger partial charge >= 0.3 is 0 Å². The standard InChI is InChI=1S/C16H26N2O4S/c1-12(2)23(20,21)18-10-15(16(19)11-18)17(3)9-13-5-7-14(22-4)8-6-13/h5-8,12,15-16,19H,9-11H2,1-4H3/t15-,16-/m1/s1. The van der Waals surface area contributed by atoms with Crippen molar-refractivity contribution in [3.8, 4) is 5.75 Å². The molecule has 0 saturated carbocycles. The summed E-state index contributed by atoms with van der Waals surface area (Å²) in [5.74, 6) is 0.798. The quantitative estimate of drug-likeness (QED) is 0.832. The van der Waals surface area contributed by atoms with Gasteiger partial charge in [-0.1, -0.05) is 12.1 Å². The Labute approximate surface area is 138 Å². The Hall–Kier alpha value is -1.15. The first-order chi connectivity index (χ1) is 10.8. The van der Waals surface area contributed by atoms with Gasteiger partial charge in [0, 0.05) is 19.6 Å². The van der Waals surface area contributed by atoms with Crippen LogP contribution in [0.3, 0.4) is 0 Å². The van der Waals surface area contributed by atoms with Gasteiger partial charge in [-0.3, -0.25) is 4.90 Å². The van der Waals surface area contributed by atoms with Gasteiger partial charge in [0.2, 0.25) is 10.0 Å². The number of aliphatic hydroxyl groups excluding tert-OH is 1. The highest BCUT2D eigenvalue weighted by molar-refractivity contribution is 7.89. The normalized spacial score (nSPS) is 22.9. The Bertz CT molecular complexity index is 615. The molecule has 0 unspecified atom stereocenters. The fourth-order valence-electron chi connectivity index (χ4n) is 2.81. The van der Waals surface area contributed by atoms with Crippen LogP contribution in [0.25, 0.3) is 0 Å². The third-order valence-corrected chi connectivity index (χ3v) is 6.55. The summed E-state index contributed by atoms with van der Waals surface area (Å²) in [6, 6.07) is 7.53. The van der Waals surface area contributed by atoms with E-state index in [9.17, 15) is 13.5 Å². The van der Waals surface area contributed by atoms with E-state index in [0.29, 0.717) is 13.1 Å². The van der Waals surface area contributed by atoms with Crippen molar-refractivity contribution in [3.63, 3.8) is 0 Å². The van der Waals surface area contributed by atoms with Gasteiger partial charge < -0.3 is 9.84 Å². The topological polar surface area (TPSA) is 70.1 Å². The minimum atomic E-state index is -3.33. The zero-order chi connectivity index (χ0) is 17.2. The molecule has 1 saturated heterocycles.